The summed E-state index contributed by atoms with van der Waals surface area (Å²) in [6.07, 6.45) is 13.6. The SMILES string of the molecule is OCCOc1ccccc1C1CCCCCCCCCC1. The van der Waals surface area contributed by atoms with Gasteiger partial charge in [-0.25, -0.2) is 0 Å². The van der Waals surface area contributed by atoms with Gasteiger partial charge in [0.1, 0.15) is 12.4 Å². The Morgan fingerprint density at radius 3 is 2.05 bits per heavy atom. The molecule has 0 heterocycles. The summed E-state index contributed by atoms with van der Waals surface area (Å²) >= 11 is 0. The molecule has 1 aromatic rings. The van der Waals surface area contributed by atoms with E-state index < -0.39 is 0 Å². The van der Waals surface area contributed by atoms with Gasteiger partial charge in [-0.3, -0.25) is 0 Å². The van der Waals surface area contributed by atoms with Gasteiger partial charge in [-0.2, -0.15) is 0 Å². The van der Waals surface area contributed by atoms with Crippen molar-refractivity contribution in [1.29, 1.82) is 0 Å². The van der Waals surface area contributed by atoms with Gasteiger partial charge >= 0.3 is 0 Å². The molecular weight excluding hydrogens is 260 g/mol. The highest BCUT2D eigenvalue weighted by molar-refractivity contribution is 5.36. The van der Waals surface area contributed by atoms with E-state index in [2.05, 4.69) is 18.2 Å². The number of hydrogen-bond acceptors (Lipinski definition) is 2. The highest BCUT2D eigenvalue weighted by atomic mass is 16.5. The summed E-state index contributed by atoms with van der Waals surface area (Å²) in [7, 11) is 0. The van der Waals surface area contributed by atoms with E-state index in [1.54, 1.807) is 0 Å². The Balaban J connectivity index is 2.04. The molecule has 1 aliphatic rings. The zero-order valence-corrected chi connectivity index (χ0v) is 13.2. The first kappa shape index (κ1) is 16.4. The number of rotatable bonds is 4. The van der Waals surface area contributed by atoms with Crippen LogP contribution >= 0.6 is 0 Å². The second-order valence-corrected chi connectivity index (χ2v) is 6.21. The molecule has 0 radical (unpaired) electrons. The van der Waals surface area contributed by atoms with E-state index >= 15 is 0 Å². The van der Waals surface area contributed by atoms with Gasteiger partial charge in [0.2, 0.25) is 0 Å². The lowest BCUT2D eigenvalue weighted by Gasteiger charge is -2.20. The second kappa shape index (κ2) is 9.83. The fourth-order valence-electron chi connectivity index (χ4n) is 3.40. The van der Waals surface area contributed by atoms with Crippen molar-refractivity contribution in [2.24, 2.45) is 0 Å². The van der Waals surface area contributed by atoms with Gasteiger partial charge in [0.05, 0.1) is 6.61 Å². The zero-order chi connectivity index (χ0) is 14.8. The van der Waals surface area contributed by atoms with Crippen LogP contribution in [-0.2, 0) is 0 Å². The van der Waals surface area contributed by atoms with Crippen molar-refractivity contribution in [2.75, 3.05) is 13.2 Å². The predicted molar refractivity (Wildman–Crippen MR) is 87.9 cm³/mol. The lowest BCUT2D eigenvalue weighted by Crippen LogP contribution is -2.07. The maximum Gasteiger partial charge on any atom is 0.122 e. The Morgan fingerprint density at radius 2 is 1.43 bits per heavy atom. The Morgan fingerprint density at radius 1 is 0.857 bits per heavy atom. The maximum atomic E-state index is 8.99. The van der Waals surface area contributed by atoms with Crippen molar-refractivity contribution in [3.63, 3.8) is 0 Å². The third-order valence-electron chi connectivity index (χ3n) is 4.56. The molecule has 0 unspecified atom stereocenters. The molecule has 0 aliphatic heterocycles. The van der Waals surface area contributed by atoms with E-state index in [4.69, 9.17) is 9.84 Å². The summed E-state index contributed by atoms with van der Waals surface area (Å²) in [5.74, 6) is 1.60. The highest BCUT2D eigenvalue weighted by Gasteiger charge is 2.16. The number of aliphatic hydroxyl groups is 1. The molecular formula is C19H30O2. The molecule has 21 heavy (non-hydrogen) atoms. The minimum atomic E-state index is 0.0823. The summed E-state index contributed by atoms with van der Waals surface area (Å²) in [4.78, 5) is 0. The van der Waals surface area contributed by atoms with Gasteiger partial charge in [-0.1, -0.05) is 69.6 Å². The molecule has 1 aromatic carbocycles. The third-order valence-corrected chi connectivity index (χ3v) is 4.56. The molecule has 0 spiro atoms. The lowest BCUT2D eigenvalue weighted by atomic mass is 9.88. The van der Waals surface area contributed by atoms with E-state index in [0.29, 0.717) is 12.5 Å². The summed E-state index contributed by atoms with van der Waals surface area (Å²) < 4.78 is 5.74. The fraction of sp³-hybridized carbons (Fsp3) is 0.684. The molecule has 1 fully saturated rings. The molecule has 118 valence electrons. The zero-order valence-electron chi connectivity index (χ0n) is 13.2. The fourth-order valence-corrected chi connectivity index (χ4v) is 3.40. The van der Waals surface area contributed by atoms with Crippen LogP contribution in [0.5, 0.6) is 5.75 Å². The van der Waals surface area contributed by atoms with Crippen molar-refractivity contribution >= 4 is 0 Å². The summed E-state index contributed by atoms with van der Waals surface area (Å²) in [6.45, 7) is 0.475. The van der Waals surface area contributed by atoms with Crippen LogP contribution in [0.25, 0.3) is 0 Å². The van der Waals surface area contributed by atoms with Crippen LogP contribution < -0.4 is 4.74 Å². The van der Waals surface area contributed by atoms with Crippen molar-refractivity contribution in [1.82, 2.24) is 0 Å². The molecule has 2 heteroatoms. The average molecular weight is 290 g/mol. The molecule has 2 nitrogen and oxygen atoms in total. The Hall–Kier alpha value is -1.02. The van der Waals surface area contributed by atoms with Crippen LogP contribution in [0, 0.1) is 0 Å². The van der Waals surface area contributed by atoms with Crippen molar-refractivity contribution < 1.29 is 9.84 Å². The monoisotopic (exact) mass is 290 g/mol. The van der Waals surface area contributed by atoms with Crippen LogP contribution in [0.15, 0.2) is 24.3 Å². The average Bonchev–Trinajstić information content (AvgIpc) is 2.58. The standard InChI is InChI=1S/C19H30O2/c20-15-16-21-19-14-10-9-13-18(19)17-11-7-5-3-1-2-4-6-8-12-17/h9-10,13-14,17,20H,1-8,11-12,15-16H2. The first-order chi connectivity index (χ1) is 10.4. The van der Waals surface area contributed by atoms with Gasteiger partial charge in [-0.05, 0) is 30.4 Å². The van der Waals surface area contributed by atoms with Gasteiger partial charge in [-0.15, -0.1) is 0 Å². The Kier molecular flexibility index (Phi) is 7.66. The lowest BCUT2D eigenvalue weighted by molar-refractivity contribution is 0.199. The second-order valence-electron chi connectivity index (χ2n) is 6.21. The van der Waals surface area contributed by atoms with Crippen molar-refractivity contribution in [2.45, 2.75) is 70.1 Å². The van der Waals surface area contributed by atoms with E-state index in [-0.39, 0.29) is 6.61 Å². The molecule has 0 bridgehead atoms. The van der Waals surface area contributed by atoms with E-state index in [9.17, 15) is 0 Å². The highest BCUT2D eigenvalue weighted by Crippen LogP contribution is 2.35. The minimum Gasteiger partial charge on any atom is -0.491 e. The Bertz CT molecular complexity index is 377. The maximum absolute atomic E-state index is 8.99. The molecule has 1 aliphatic carbocycles. The minimum absolute atomic E-state index is 0.0823. The first-order valence-corrected chi connectivity index (χ1v) is 8.74. The smallest absolute Gasteiger partial charge is 0.122 e. The van der Waals surface area contributed by atoms with E-state index in [0.717, 1.165) is 5.75 Å². The molecule has 1 N–H and O–H groups in total. The van der Waals surface area contributed by atoms with Crippen LogP contribution in [-0.4, -0.2) is 18.3 Å². The first-order valence-electron chi connectivity index (χ1n) is 8.74. The summed E-state index contributed by atoms with van der Waals surface area (Å²) in [6, 6.07) is 8.42. The molecule has 0 amide bonds. The van der Waals surface area contributed by atoms with Gasteiger partial charge in [0.15, 0.2) is 0 Å². The molecule has 0 aromatic heterocycles. The quantitative estimate of drug-likeness (QED) is 0.840. The van der Waals surface area contributed by atoms with Crippen molar-refractivity contribution in [3.05, 3.63) is 29.8 Å². The van der Waals surface area contributed by atoms with Crippen molar-refractivity contribution in [3.8, 4) is 5.75 Å². The normalized spacial score (nSPS) is 18.9. The summed E-state index contributed by atoms with van der Waals surface area (Å²) in [5, 5.41) is 8.99. The molecule has 0 atom stereocenters. The number of ether oxygens (including phenoxy) is 1. The van der Waals surface area contributed by atoms with Crippen LogP contribution in [0.1, 0.15) is 75.7 Å². The van der Waals surface area contributed by atoms with Crippen LogP contribution in [0.4, 0.5) is 0 Å². The number of aliphatic hydroxyl groups excluding tert-OH is 1. The van der Waals surface area contributed by atoms with Gasteiger partial charge in [0, 0.05) is 0 Å². The summed E-state index contributed by atoms with van der Waals surface area (Å²) in [5.41, 5.74) is 1.35. The largest absolute Gasteiger partial charge is 0.491 e. The third kappa shape index (κ3) is 5.70. The number of hydrogen-bond donors (Lipinski definition) is 1. The van der Waals surface area contributed by atoms with E-state index in [1.165, 1.54) is 69.8 Å². The number of para-hydroxylation sites is 1. The Labute approximate surface area is 129 Å². The number of benzene rings is 1. The van der Waals surface area contributed by atoms with E-state index in [1.807, 2.05) is 6.07 Å². The topological polar surface area (TPSA) is 29.5 Å². The van der Waals surface area contributed by atoms with Crippen LogP contribution in [0.2, 0.25) is 0 Å². The van der Waals surface area contributed by atoms with Gasteiger partial charge < -0.3 is 9.84 Å². The molecule has 2 rings (SSSR count). The predicted octanol–water partition coefficient (Wildman–Crippen LogP) is 5.06. The molecule has 0 saturated heterocycles. The van der Waals surface area contributed by atoms with Crippen LogP contribution in [0.3, 0.4) is 0 Å². The molecule has 1 saturated carbocycles. The van der Waals surface area contributed by atoms with Gasteiger partial charge in [0.25, 0.3) is 0 Å².